The fraction of sp³-hybridized carbons (Fsp3) is 0.409. The molecule has 0 spiro atoms. The van der Waals surface area contributed by atoms with Crippen molar-refractivity contribution in [3.63, 3.8) is 0 Å². The van der Waals surface area contributed by atoms with Gasteiger partial charge in [0.05, 0.1) is 24.8 Å². The van der Waals surface area contributed by atoms with Crippen molar-refractivity contribution in [2.45, 2.75) is 32.1 Å². The van der Waals surface area contributed by atoms with Crippen LogP contribution in [0.1, 0.15) is 31.0 Å². The van der Waals surface area contributed by atoms with Gasteiger partial charge in [0.1, 0.15) is 5.82 Å². The predicted octanol–water partition coefficient (Wildman–Crippen LogP) is 3.48. The van der Waals surface area contributed by atoms with Crippen LogP contribution in [-0.4, -0.2) is 54.6 Å². The number of likely N-dealkylation sites (N-methyl/N-ethyl adjacent to an activating group) is 1. The molecule has 3 rings (SSSR count). The highest BCUT2D eigenvalue weighted by molar-refractivity contribution is 5.78. The topological polar surface area (TPSA) is 32.8 Å². The van der Waals surface area contributed by atoms with E-state index in [4.69, 9.17) is 4.74 Å². The maximum Gasteiger partial charge on any atom is 0.236 e. The Balaban J connectivity index is 1.79. The van der Waals surface area contributed by atoms with Gasteiger partial charge in [-0.2, -0.15) is 0 Å². The number of benzene rings is 2. The molecule has 5 heteroatoms. The number of halogens is 1. The summed E-state index contributed by atoms with van der Waals surface area (Å²) in [6.45, 7) is 5.50. The molecule has 144 valence electrons. The fourth-order valence-electron chi connectivity index (χ4n) is 3.77. The summed E-state index contributed by atoms with van der Waals surface area (Å²) in [4.78, 5) is 16.8. The molecule has 0 aromatic heterocycles. The normalized spacial score (nSPS) is 21.3. The van der Waals surface area contributed by atoms with Crippen molar-refractivity contribution in [3.8, 4) is 0 Å². The van der Waals surface area contributed by atoms with Gasteiger partial charge in [-0.05, 0) is 44.2 Å². The Morgan fingerprint density at radius 1 is 1.07 bits per heavy atom. The minimum Gasteiger partial charge on any atom is -0.372 e. The number of hydrogen-bond donors (Lipinski definition) is 0. The van der Waals surface area contributed by atoms with Crippen LogP contribution in [0.5, 0.6) is 0 Å². The molecule has 4 nitrogen and oxygen atoms in total. The Labute approximate surface area is 160 Å². The van der Waals surface area contributed by atoms with Gasteiger partial charge in [0.15, 0.2) is 0 Å². The lowest BCUT2D eigenvalue weighted by Crippen LogP contribution is -2.51. The molecule has 2 aromatic carbocycles. The van der Waals surface area contributed by atoms with Crippen molar-refractivity contribution in [1.29, 1.82) is 0 Å². The average Bonchev–Trinajstić information content (AvgIpc) is 2.63. The second kappa shape index (κ2) is 8.63. The van der Waals surface area contributed by atoms with E-state index >= 15 is 0 Å². The molecule has 1 aliphatic heterocycles. The van der Waals surface area contributed by atoms with Crippen LogP contribution in [0.25, 0.3) is 0 Å². The van der Waals surface area contributed by atoms with Crippen molar-refractivity contribution in [2.24, 2.45) is 0 Å². The van der Waals surface area contributed by atoms with Crippen molar-refractivity contribution in [1.82, 2.24) is 9.80 Å². The Bertz CT molecular complexity index is 741. The first-order chi connectivity index (χ1) is 12.9. The molecule has 1 aliphatic rings. The molecular weight excluding hydrogens is 343 g/mol. The zero-order valence-electron chi connectivity index (χ0n) is 16.1. The van der Waals surface area contributed by atoms with E-state index in [-0.39, 0.29) is 36.5 Å². The van der Waals surface area contributed by atoms with E-state index in [2.05, 4.69) is 0 Å². The minimum absolute atomic E-state index is 0.0463. The SMILES string of the molecule is CC1CN(C(=O)CN(C)C(c2ccccc2)c2ccc(F)cc2)CC(C)O1. The van der Waals surface area contributed by atoms with Crippen molar-refractivity contribution in [2.75, 3.05) is 26.7 Å². The highest BCUT2D eigenvalue weighted by atomic mass is 19.1. The monoisotopic (exact) mass is 370 g/mol. The first-order valence-electron chi connectivity index (χ1n) is 9.38. The number of amides is 1. The lowest BCUT2D eigenvalue weighted by atomic mass is 9.97. The Morgan fingerprint density at radius 2 is 1.63 bits per heavy atom. The molecule has 27 heavy (non-hydrogen) atoms. The average molecular weight is 370 g/mol. The Hall–Kier alpha value is -2.24. The van der Waals surface area contributed by atoms with Gasteiger partial charge < -0.3 is 9.64 Å². The third-order valence-electron chi connectivity index (χ3n) is 4.90. The molecule has 1 saturated heterocycles. The van der Waals surface area contributed by atoms with E-state index in [1.54, 1.807) is 12.1 Å². The van der Waals surface area contributed by atoms with Crippen molar-refractivity contribution in [3.05, 3.63) is 71.5 Å². The first kappa shape index (κ1) is 19.5. The zero-order valence-corrected chi connectivity index (χ0v) is 16.1. The lowest BCUT2D eigenvalue weighted by Gasteiger charge is -2.37. The van der Waals surface area contributed by atoms with Crippen LogP contribution in [0.4, 0.5) is 4.39 Å². The highest BCUT2D eigenvalue weighted by Gasteiger charge is 2.28. The molecule has 0 radical (unpaired) electrons. The van der Waals surface area contributed by atoms with Crippen LogP contribution >= 0.6 is 0 Å². The van der Waals surface area contributed by atoms with Crippen molar-refractivity contribution < 1.29 is 13.9 Å². The molecule has 1 fully saturated rings. The molecule has 1 heterocycles. The Kier molecular flexibility index (Phi) is 6.24. The maximum absolute atomic E-state index is 13.4. The number of rotatable bonds is 5. The van der Waals surface area contributed by atoms with Crippen LogP contribution in [0.3, 0.4) is 0 Å². The van der Waals surface area contributed by atoms with E-state index < -0.39 is 0 Å². The van der Waals surface area contributed by atoms with Crippen LogP contribution in [0.15, 0.2) is 54.6 Å². The number of morpholine rings is 1. The van der Waals surface area contributed by atoms with Gasteiger partial charge in [-0.1, -0.05) is 42.5 Å². The molecule has 2 aromatic rings. The van der Waals surface area contributed by atoms with Gasteiger partial charge in [0.25, 0.3) is 0 Å². The lowest BCUT2D eigenvalue weighted by molar-refractivity contribution is -0.144. The van der Waals surface area contributed by atoms with Crippen LogP contribution < -0.4 is 0 Å². The second-order valence-corrected chi connectivity index (χ2v) is 7.34. The van der Waals surface area contributed by atoms with Gasteiger partial charge in [-0.15, -0.1) is 0 Å². The third kappa shape index (κ3) is 4.93. The van der Waals surface area contributed by atoms with Crippen LogP contribution in [0, 0.1) is 5.82 Å². The van der Waals surface area contributed by atoms with Gasteiger partial charge in [-0.3, -0.25) is 9.69 Å². The summed E-state index contributed by atoms with van der Waals surface area (Å²) < 4.78 is 19.1. The standard InChI is InChI=1S/C22H27FN2O2/c1-16-13-25(14-17(2)27-16)21(26)15-24(3)22(18-7-5-4-6-8-18)19-9-11-20(23)12-10-19/h4-12,16-17,22H,13-15H2,1-3H3. The molecule has 1 amide bonds. The highest BCUT2D eigenvalue weighted by Crippen LogP contribution is 2.28. The maximum atomic E-state index is 13.4. The Morgan fingerprint density at radius 3 is 2.22 bits per heavy atom. The quantitative estimate of drug-likeness (QED) is 0.808. The summed E-state index contributed by atoms with van der Waals surface area (Å²) in [5.41, 5.74) is 2.03. The number of nitrogens with zero attached hydrogens (tertiary/aromatic N) is 2. The molecule has 0 bridgehead atoms. The van der Waals surface area contributed by atoms with Gasteiger partial charge in [-0.25, -0.2) is 4.39 Å². The molecule has 3 atom stereocenters. The van der Waals surface area contributed by atoms with Crippen molar-refractivity contribution >= 4 is 5.91 Å². The summed E-state index contributed by atoms with van der Waals surface area (Å²) in [7, 11) is 1.94. The molecule has 0 aliphatic carbocycles. The molecule has 0 saturated carbocycles. The number of ether oxygens (including phenoxy) is 1. The van der Waals surface area contributed by atoms with Gasteiger partial charge in [0.2, 0.25) is 5.91 Å². The third-order valence-corrected chi connectivity index (χ3v) is 4.90. The van der Waals surface area contributed by atoms with Crippen LogP contribution in [0.2, 0.25) is 0 Å². The van der Waals surface area contributed by atoms with E-state index in [9.17, 15) is 9.18 Å². The molecule has 3 unspecified atom stereocenters. The van der Waals surface area contributed by atoms with E-state index in [0.717, 1.165) is 11.1 Å². The number of carbonyl (C=O) groups excluding carboxylic acids is 1. The first-order valence-corrected chi connectivity index (χ1v) is 9.38. The van der Waals surface area contributed by atoms with E-state index in [1.807, 2.05) is 61.0 Å². The zero-order chi connectivity index (χ0) is 19.4. The van der Waals surface area contributed by atoms with Gasteiger partial charge in [0, 0.05) is 13.1 Å². The molecule has 0 N–H and O–H groups in total. The summed E-state index contributed by atoms with van der Waals surface area (Å²) in [6, 6.07) is 16.4. The molecular formula is C22H27FN2O2. The number of carbonyl (C=O) groups is 1. The van der Waals surface area contributed by atoms with E-state index in [1.165, 1.54) is 12.1 Å². The summed E-state index contributed by atoms with van der Waals surface area (Å²) in [5.74, 6) is -0.178. The largest absolute Gasteiger partial charge is 0.372 e. The van der Waals surface area contributed by atoms with Crippen LogP contribution in [-0.2, 0) is 9.53 Å². The fourth-order valence-corrected chi connectivity index (χ4v) is 3.77. The predicted molar refractivity (Wildman–Crippen MR) is 104 cm³/mol. The summed E-state index contributed by atoms with van der Waals surface area (Å²) in [6.07, 6.45) is 0.0926. The van der Waals surface area contributed by atoms with Gasteiger partial charge >= 0.3 is 0 Å². The smallest absolute Gasteiger partial charge is 0.236 e. The van der Waals surface area contributed by atoms with E-state index in [0.29, 0.717) is 13.1 Å². The summed E-state index contributed by atoms with van der Waals surface area (Å²) >= 11 is 0. The summed E-state index contributed by atoms with van der Waals surface area (Å²) in [5, 5.41) is 0. The second-order valence-electron chi connectivity index (χ2n) is 7.34. The number of hydrogen-bond acceptors (Lipinski definition) is 3. The minimum atomic E-state index is -0.263.